The van der Waals surface area contributed by atoms with Crippen molar-refractivity contribution in [2.75, 3.05) is 11.5 Å². The van der Waals surface area contributed by atoms with Crippen LogP contribution in [0.15, 0.2) is 60.7 Å². The largest absolute Gasteiger partial charge is 0.485 e. The normalized spacial score (nSPS) is 30.1. The number of hydrogen-bond acceptors (Lipinski definition) is 6. The summed E-state index contributed by atoms with van der Waals surface area (Å²) >= 11 is 0. The van der Waals surface area contributed by atoms with Gasteiger partial charge < -0.3 is 9.47 Å². The maximum Gasteiger partial charge on any atom is 0.308 e. The zero-order valence-corrected chi connectivity index (χ0v) is 18.5. The van der Waals surface area contributed by atoms with Crippen LogP contribution in [0.1, 0.15) is 23.7 Å². The number of ether oxygens (including phenoxy) is 2. The highest BCUT2D eigenvalue weighted by molar-refractivity contribution is 6.22. The molecular weight excluding hydrogens is 434 g/mol. The van der Waals surface area contributed by atoms with Gasteiger partial charge in [-0.25, -0.2) is 0 Å². The Kier molecular flexibility index (Phi) is 4.69. The predicted molar refractivity (Wildman–Crippen MR) is 121 cm³/mol. The molecule has 2 aromatic rings. The van der Waals surface area contributed by atoms with Crippen LogP contribution >= 0.6 is 0 Å². The summed E-state index contributed by atoms with van der Waals surface area (Å²) in [4.78, 5) is 51.2. The van der Waals surface area contributed by atoms with E-state index in [1.54, 1.807) is 48.5 Å². The summed E-state index contributed by atoms with van der Waals surface area (Å²) in [5, 5.41) is 0. The van der Waals surface area contributed by atoms with Crippen LogP contribution in [0.3, 0.4) is 0 Å². The number of carbonyl (C=O) groups excluding carboxylic acids is 4. The minimum atomic E-state index is -0.428. The zero-order chi connectivity index (χ0) is 23.6. The van der Waals surface area contributed by atoms with E-state index in [4.69, 9.17) is 9.47 Å². The van der Waals surface area contributed by atoms with Crippen LogP contribution < -0.4 is 14.4 Å². The zero-order valence-electron chi connectivity index (χ0n) is 18.5. The SMILES string of the molecule is CC(=O)Oc1ccc(C(=O)COc2ccc(N3C(=O)C4C5C=C[C@H](C6CC56)C4C3=O)cc2)cc1. The van der Waals surface area contributed by atoms with E-state index < -0.39 is 5.97 Å². The molecule has 34 heavy (non-hydrogen) atoms. The first-order chi connectivity index (χ1) is 16.4. The van der Waals surface area contributed by atoms with Crippen molar-refractivity contribution in [3.8, 4) is 11.5 Å². The minimum absolute atomic E-state index is 0.0965. The summed E-state index contributed by atoms with van der Waals surface area (Å²) in [6, 6.07) is 13.0. The first-order valence-corrected chi connectivity index (χ1v) is 11.5. The highest BCUT2D eigenvalue weighted by atomic mass is 16.5. The Hall–Kier alpha value is -3.74. The van der Waals surface area contributed by atoms with Crippen LogP contribution in [0.25, 0.3) is 0 Å². The molecule has 1 saturated heterocycles. The van der Waals surface area contributed by atoms with Crippen LogP contribution in [0.4, 0.5) is 5.69 Å². The Balaban J connectivity index is 1.11. The fourth-order valence-electron chi connectivity index (χ4n) is 6.01. The number of anilines is 1. The lowest BCUT2D eigenvalue weighted by molar-refractivity contribution is -0.132. The maximum atomic E-state index is 13.2. The van der Waals surface area contributed by atoms with E-state index in [-0.39, 0.29) is 47.9 Å². The fourth-order valence-corrected chi connectivity index (χ4v) is 6.01. The van der Waals surface area contributed by atoms with E-state index in [9.17, 15) is 19.2 Å². The lowest BCUT2D eigenvalue weighted by Crippen LogP contribution is -2.40. The van der Waals surface area contributed by atoms with Crippen LogP contribution in [0.2, 0.25) is 0 Å². The Morgan fingerprint density at radius 2 is 1.41 bits per heavy atom. The summed E-state index contributed by atoms with van der Waals surface area (Å²) in [7, 11) is 0. The van der Waals surface area contributed by atoms with Gasteiger partial charge in [-0.15, -0.1) is 0 Å². The number of carbonyl (C=O) groups is 4. The van der Waals surface area contributed by atoms with Gasteiger partial charge in [0.25, 0.3) is 0 Å². The van der Waals surface area contributed by atoms with Gasteiger partial charge in [0.05, 0.1) is 17.5 Å². The summed E-state index contributed by atoms with van der Waals surface area (Å²) in [5.41, 5.74) is 0.974. The Morgan fingerprint density at radius 1 is 0.853 bits per heavy atom. The van der Waals surface area contributed by atoms with Gasteiger partial charge in [-0.3, -0.25) is 24.1 Å². The third-order valence-electron chi connectivity index (χ3n) is 7.57. The van der Waals surface area contributed by atoms with E-state index in [1.165, 1.54) is 11.8 Å². The molecule has 5 aliphatic rings. The number of Topliss-reactive ketones (excluding diaryl/α,β-unsaturated/α-hetero) is 1. The molecule has 5 unspecified atom stereocenters. The van der Waals surface area contributed by atoms with E-state index in [0.29, 0.717) is 34.6 Å². The monoisotopic (exact) mass is 457 g/mol. The number of rotatable bonds is 6. The number of hydrogen-bond donors (Lipinski definition) is 0. The van der Waals surface area contributed by atoms with Gasteiger partial charge >= 0.3 is 5.97 Å². The Morgan fingerprint density at radius 3 is 1.97 bits per heavy atom. The second-order valence-electron chi connectivity index (χ2n) is 9.49. The van der Waals surface area contributed by atoms with Gasteiger partial charge in [-0.05, 0) is 78.6 Å². The number of ketones is 1. The lowest BCUT2D eigenvalue weighted by Gasteiger charge is -2.37. The highest BCUT2D eigenvalue weighted by Crippen LogP contribution is 2.65. The average molecular weight is 457 g/mol. The van der Waals surface area contributed by atoms with Crippen LogP contribution in [0.5, 0.6) is 11.5 Å². The molecule has 3 fully saturated rings. The van der Waals surface area contributed by atoms with Crippen LogP contribution in [-0.2, 0) is 14.4 Å². The molecule has 6 atom stereocenters. The van der Waals surface area contributed by atoms with Crippen molar-refractivity contribution in [3.63, 3.8) is 0 Å². The maximum absolute atomic E-state index is 13.2. The predicted octanol–water partition coefficient (Wildman–Crippen LogP) is 3.43. The van der Waals surface area contributed by atoms with Crippen molar-refractivity contribution in [3.05, 3.63) is 66.2 Å². The van der Waals surface area contributed by atoms with Gasteiger partial charge in [0.2, 0.25) is 11.8 Å². The Bertz CT molecular complexity index is 1190. The molecule has 0 N–H and O–H groups in total. The van der Waals surface area contributed by atoms with Crippen molar-refractivity contribution >= 4 is 29.3 Å². The molecule has 7 nitrogen and oxygen atoms in total. The van der Waals surface area contributed by atoms with E-state index in [1.807, 2.05) is 0 Å². The molecule has 4 aliphatic carbocycles. The molecule has 2 amide bonds. The summed E-state index contributed by atoms with van der Waals surface area (Å²) in [6.45, 7) is 1.14. The number of imide groups is 1. The molecular formula is C27H23NO6. The van der Waals surface area contributed by atoms with Crippen molar-refractivity contribution in [2.24, 2.45) is 35.5 Å². The quantitative estimate of drug-likeness (QED) is 0.217. The third-order valence-corrected chi connectivity index (χ3v) is 7.57. The number of amides is 2. The second kappa shape index (κ2) is 7.65. The fraction of sp³-hybridized carbons (Fsp3) is 0.333. The molecule has 2 saturated carbocycles. The number of nitrogens with zero attached hydrogens (tertiary/aromatic N) is 1. The number of allylic oxidation sites excluding steroid dienone is 2. The highest BCUT2D eigenvalue weighted by Gasteiger charge is 2.67. The first kappa shape index (κ1) is 20.8. The molecule has 7 rings (SSSR count). The third kappa shape index (κ3) is 3.26. The first-order valence-electron chi connectivity index (χ1n) is 11.5. The second-order valence-corrected chi connectivity index (χ2v) is 9.49. The van der Waals surface area contributed by atoms with Crippen molar-refractivity contribution in [1.29, 1.82) is 0 Å². The lowest BCUT2D eigenvalue weighted by atomic mass is 9.63. The van der Waals surface area contributed by atoms with E-state index >= 15 is 0 Å². The molecule has 2 aromatic carbocycles. The Labute approximate surface area is 196 Å². The minimum Gasteiger partial charge on any atom is -0.485 e. The van der Waals surface area contributed by atoms with Gasteiger partial charge in [0.15, 0.2) is 12.4 Å². The summed E-state index contributed by atoms with van der Waals surface area (Å²) < 4.78 is 10.6. The number of benzene rings is 2. The van der Waals surface area contributed by atoms with Gasteiger partial charge in [-0.1, -0.05) is 12.2 Å². The average Bonchev–Trinajstić information content (AvgIpc) is 3.61. The molecule has 1 aliphatic heterocycles. The topological polar surface area (TPSA) is 90.0 Å². The smallest absolute Gasteiger partial charge is 0.308 e. The molecule has 1 heterocycles. The van der Waals surface area contributed by atoms with Gasteiger partial charge in [0.1, 0.15) is 11.5 Å². The standard InChI is InChI=1S/C27H23NO6/c1-14(29)34-18-6-2-15(3-7-18)23(30)13-33-17-8-4-16(5-9-17)28-26(31)24-19-10-11-20(22-12-21(19)22)25(24)27(28)32/h2-11,19-22,24-25H,12-13H2,1H3/t19-,20?,21?,22?,24?,25?/m1/s1. The van der Waals surface area contributed by atoms with Crippen LogP contribution in [-0.4, -0.2) is 30.2 Å². The molecule has 0 aromatic heterocycles. The molecule has 0 radical (unpaired) electrons. The summed E-state index contributed by atoms with van der Waals surface area (Å²) in [5.74, 6) is 1.05. The van der Waals surface area contributed by atoms with Crippen molar-refractivity contribution in [1.82, 2.24) is 0 Å². The van der Waals surface area contributed by atoms with Gasteiger partial charge in [-0.2, -0.15) is 0 Å². The molecule has 172 valence electrons. The molecule has 7 heteroatoms. The van der Waals surface area contributed by atoms with Gasteiger partial charge in [0, 0.05) is 12.5 Å². The van der Waals surface area contributed by atoms with Crippen molar-refractivity contribution in [2.45, 2.75) is 13.3 Å². The van der Waals surface area contributed by atoms with E-state index in [0.717, 1.165) is 6.42 Å². The molecule has 0 spiro atoms. The number of esters is 1. The summed E-state index contributed by atoms with van der Waals surface area (Å²) in [6.07, 6.45) is 5.45. The van der Waals surface area contributed by atoms with Crippen LogP contribution in [0, 0.1) is 35.5 Å². The van der Waals surface area contributed by atoms with E-state index in [2.05, 4.69) is 12.2 Å². The molecule has 2 bridgehead atoms. The van der Waals surface area contributed by atoms with Crippen molar-refractivity contribution < 1.29 is 28.7 Å².